The van der Waals surface area contributed by atoms with E-state index in [1.165, 1.54) is 0 Å². The van der Waals surface area contributed by atoms with Crippen LogP contribution in [0.3, 0.4) is 0 Å². The summed E-state index contributed by atoms with van der Waals surface area (Å²) in [4.78, 5) is 14.7. The molecule has 62 valence electrons. The third-order valence-corrected chi connectivity index (χ3v) is 1.21. The molecule has 4 heteroatoms. The first-order chi connectivity index (χ1) is 5.02. The van der Waals surface area contributed by atoms with Crippen molar-refractivity contribution in [1.82, 2.24) is 0 Å². The van der Waals surface area contributed by atoms with E-state index in [0.717, 1.165) is 0 Å². The van der Waals surface area contributed by atoms with Crippen molar-refractivity contribution in [3.8, 4) is 12.3 Å². The van der Waals surface area contributed by atoms with Crippen molar-refractivity contribution in [2.75, 3.05) is 27.2 Å². The molecule has 0 aromatic heterocycles. The summed E-state index contributed by atoms with van der Waals surface area (Å²) in [6.45, 7) is 0.676. The van der Waals surface area contributed by atoms with Crippen LogP contribution in [0.5, 0.6) is 0 Å². The van der Waals surface area contributed by atoms with Gasteiger partial charge in [-0.1, -0.05) is 0 Å². The molecule has 4 nitrogen and oxygen atoms in total. The average molecular weight is 157 g/mol. The van der Waals surface area contributed by atoms with E-state index in [1.807, 2.05) is 14.1 Å². The molecule has 11 heavy (non-hydrogen) atoms. The molecule has 0 aromatic carbocycles. The third-order valence-electron chi connectivity index (χ3n) is 1.21. The fraction of sp³-hybridized carbons (Fsp3) is 0.571. The Hall–Kier alpha value is -1.05. The Morgan fingerprint density at radius 3 is 2.64 bits per heavy atom. The van der Waals surface area contributed by atoms with Crippen molar-refractivity contribution in [2.24, 2.45) is 5.90 Å². The highest BCUT2D eigenvalue weighted by atomic mass is 16.7. The minimum Gasteiger partial charge on any atom is -0.369 e. The van der Waals surface area contributed by atoms with Gasteiger partial charge >= 0.3 is 5.97 Å². The van der Waals surface area contributed by atoms with Gasteiger partial charge in [0.25, 0.3) is 0 Å². The number of hydrogen-bond acceptors (Lipinski definition) is 3. The molecule has 0 aliphatic rings. The molecule has 0 fully saturated rings. The van der Waals surface area contributed by atoms with Gasteiger partial charge in [-0.3, -0.25) is 0 Å². The van der Waals surface area contributed by atoms with Crippen LogP contribution in [0.25, 0.3) is 0 Å². The molecule has 0 aromatic rings. The predicted octanol–water partition coefficient (Wildman–Crippen LogP) is -0.887. The molecule has 0 bridgehead atoms. The molecule has 0 atom stereocenters. The summed E-state index contributed by atoms with van der Waals surface area (Å²) in [5.74, 6) is 6.67. The fourth-order valence-corrected chi connectivity index (χ4v) is 0.690. The number of rotatable bonds is 3. The second-order valence-corrected chi connectivity index (χ2v) is 2.95. The van der Waals surface area contributed by atoms with Crippen LogP contribution in [0.1, 0.15) is 0 Å². The van der Waals surface area contributed by atoms with Gasteiger partial charge in [0.05, 0.1) is 14.1 Å². The zero-order valence-electron chi connectivity index (χ0n) is 6.83. The van der Waals surface area contributed by atoms with E-state index in [2.05, 4.69) is 16.7 Å². The van der Waals surface area contributed by atoms with Crippen molar-refractivity contribution in [3.05, 3.63) is 0 Å². The van der Waals surface area contributed by atoms with Crippen LogP contribution in [0, 0.1) is 12.3 Å². The lowest BCUT2D eigenvalue weighted by Crippen LogP contribution is -2.45. The number of quaternary nitrogens is 1. The Morgan fingerprint density at radius 2 is 2.27 bits per heavy atom. The maximum Gasteiger partial charge on any atom is 0.380 e. The van der Waals surface area contributed by atoms with Gasteiger partial charge in [0.2, 0.25) is 0 Å². The van der Waals surface area contributed by atoms with Gasteiger partial charge in [-0.15, -0.1) is 6.42 Å². The normalized spacial score (nSPS) is 10.4. The quantitative estimate of drug-likeness (QED) is 0.328. The average Bonchev–Trinajstić information content (AvgIpc) is 1.86. The van der Waals surface area contributed by atoms with E-state index in [-0.39, 0.29) is 6.54 Å². The Bertz CT molecular complexity index is 181. The Balaban J connectivity index is 3.92. The first-order valence-electron chi connectivity index (χ1n) is 3.17. The molecular weight excluding hydrogens is 144 g/mol. The number of likely N-dealkylation sites (N-methyl/N-ethyl adjacent to an activating group) is 1. The summed E-state index contributed by atoms with van der Waals surface area (Å²) in [7, 11) is 3.66. The Morgan fingerprint density at radius 1 is 1.73 bits per heavy atom. The minimum absolute atomic E-state index is 0.195. The summed E-state index contributed by atoms with van der Waals surface area (Å²) in [5, 5.41) is 0. The molecule has 0 aliphatic carbocycles. The van der Waals surface area contributed by atoms with Crippen molar-refractivity contribution in [3.63, 3.8) is 0 Å². The fourth-order valence-electron chi connectivity index (χ4n) is 0.690. The maximum atomic E-state index is 10.7. The zero-order valence-corrected chi connectivity index (χ0v) is 6.83. The standard InChI is InChI=1S/C7H13N2O2/c1-4-5-9(2,3)6-7(10)11-8/h1H,5-6,8H2,2-3H3/q+1. The molecule has 0 radical (unpaired) electrons. The van der Waals surface area contributed by atoms with Gasteiger partial charge in [0.1, 0.15) is 6.54 Å². The van der Waals surface area contributed by atoms with E-state index in [1.54, 1.807) is 0 Å². The number of carbonyl (C=O) groups is 1. The summed E-state index contributed by atoms with van der Waals surface area (Å²) in [6.07, 6.45) is 5.08. The third kappa shape index (κ3) is 4.37. The maximum absolute atomic E-state index is 10.7. The summed E-state index contributed by atoms with van der Waals surface area (Å²) < 4.78 is 0.395. The molecule has 0 amide bonds. The highest BCUT2D eigenvalue weighted by Crippen LogP contribution is 1.94. The number of nitrogens with zero attached hydrogens (tertiary/aromatic N) is 1. The predicted molar refractivity (Wildman–Crippen MR) is 41.0 cm³/mol. The van der Waals surface area contributed by atoms with Gasteiger partial charge < -0.3 is 9.32 Å². The number of hydrogen-bond donors (Lipinski definition) is 1. The summed E-state index contributed by atoms with van der Waals surface area (Å²) >= 11 is 0. The van der Waals surface area contributed by atoms with E-state index in [9.17, 15) is 4.79 Å². The van der Waals surface area contributed by atoms with Gasteiger partial charge in [-0.05, 0) is 5.92 Å². The van der Waals surface area contributed by atoms with Crippen LogP contribution in [-0.4, -0.2) is 37.6 Å². The van der Waals surface area contributed by atoms with Crippen LogP contribution in [0.2, 0.25) is 0 Å². The lowest BCUT2D eigenvalue weighted by molar-refractivity contribution is -0.875. The topological polar surface area (TPSA) is 52.3 Å². The van der Waals surface area contributed by atoms with E-state index >= 15 is 0 Å². The number of nitrogens with two attached hydrogens (primary N) is 1. The molecule has 0 aliphatic heterocycles. The molecule has 0 saturated carbocycles. The van der Waals surface area contributed by atoms with Crippen LogP contribution in [0.15, 0.2) is 0 Å². The highest BCUT2D eigenvalue weighted by molar-refractivity contribution is 5.70. The number of carbonyl (C=O) groups excluding carboxylic acids is 1. The molecule has 0 rings (SSSR count). The van der Waals surface area contributed by atoms with Crippen LogP contribution >= 0.6 is 0 Å². The van der Waals surface area contributed by atoms with Gasteiger partial charge in [-0.2, -0.15) is 5.90 Å². The van der Waals surface area contributed by atoms with E-state index < -0.39 is 5.97 Å². The highest BCUT2D eigenvalue weighted by Gasteiger charge is 2.19. The van der Waals surface area contributed by atoms with Gasteiger partial charge in [-0.25, -0.2) is 4.79 Å². The van der Waals surface area contributed by atoms with Gasteiger partial charge in [0, 0.05) is 0 Å². The SMILES string of the molecule is C#CC[N+](C)(C)CC(=O)ON. The summed E-state index contributed by atoms with van der Waals surface area (Å²) in [6, 6.07) is 0. The Labute approximate surface area is 66.5 Å². The van der Waals surface area contributed by atoms with Crippen molar-refractivity contribution in [1.29, 1.82) is 0 Å². The van der Waals surface area contributed by atoms with Crippen molar-refractivity contribution in [2.45, 2.75) is 0 Å². The Kier molecular flexibility index (Phi) is 3.58. The van der Waals surface area contributed by atoms with Crippen LogP contribution < -0.4 is 5.90 Å². The van der Waals surface area contributed by atoms with Crippen molar-refractivity contribution >= 4 is 5.97 Å². The molecule has 0 spiro atoms. The smallest absolute Gasteiger partial charge is 0.369 e. The van der Waals surface area contributed by atoms with Crippen LogP contribution in [-0.2, 0) is 9.63 Å². The molecule has 0 saturated heterocycles. The molecule has 0 heterocycles. The van der Waals surface area contributed by atoms with Crippen molar-refractivity contribution < 1.29 is 14.1 Å². The minimum atomic E-state index is -0.453. The summed E-state index contributed by atoms with van der Waals surface area (Å²) in [5.41, 5.74) is 0. The largest absolute Gasteiger partial charge is 0.380 e. The monoisotopic (exact) mass is 157 g/mol. The first-order valence-corrected chi connectivity index (χ1v) is 3.17. The second kappa shape index (κ2) is 3.96. The lowest BCUT2D eigenvalue weighted by atomic mass is 10.4. The lowest BCUT2D eigenvalue weighted by Gasteiger charge is -2.25. The molecule has 0 unspecified atom stereocenters. The molecule has 2 N–H and O–H groups in total. The van der Waals surface area contributed by atoms with Crippen LogP contribution in [0.4, 0.5) is 0 Å². The second-order valence-electron chi connectivity index (χ2n) is 2.95. The van der Waals surface area contributed by atoms with E-state index in [4.69, 9.17) is 6.42 Å². The van der Waals surface area contributed by atoms with E-state index in [0.29, 0.717) is 11.0 Å². The molecular formula is C7H13N2O2+. The zero-order chi connectivity index (χ0) is 8.91. The first kappa shape index (κ1) is 9.95. The van der Waals surface area contributed by atoms with Gasteiger partial charge in [0.15, 0.2) is 6.54 Å². The number of terminal acetylenes is 1.